The number of carbonyl (C=O) groups is 2. The minimum Gasteiger partial charge on any atom is -0.374 e. The summed E-state index contributed by atoms with van der Waals surface area (Å²) < 4.78 is 0. The van der Waals surface area contributed by atoms with Gasteiger partial charge in [0.15, 0.2) is 17.2 Å². The molecule has 1 rings (SSSR count). The van der Waals surface area contributed by atoms with Crippen molar-refractivity contribution in [1.82, 2.24) is 0 Å². The first-order valence-electron chi connectivity index (χ1n) is 3.62. The predicted molar refractivity (Wildman–Crippen MR) is 43.5 cm³/mol. The van der Waals surface area contributed by atoms with Gasteiger partial charge in [0.05, 0.1) is 0 Å². The molecule has 0 aliphatic heterocycles. The molecule has 1 aliphatic carbocycles. The lowest BCUT2D eigenvalue weighted by molar-refractivity contribution is -0.127. The summed E-state index contributed by atoms with van der Waals surface area (Å²) in [6.45, 7) is 2.85. The zero-order chi connectivity index (χ0) is 9.35. The molecule has 0 aromatic heterocycles. The van der Waals surface area contributed by atoms with Gasteiger partial charge in [-0.15, -0.1) is 0 Å². The maximum Gasteiger partial charge on any atom is 0.181 e. The first-order chi connectivity index (χ1) is 5.46. The highest BCUT2D eigenvalue weighted by molar-refractivity contribution is 6.07. The van der Waals surface area contributed by atoms with E-state index in [1.54, 1.807) is 6.92 Å². The summed E-state index contributed by atoms with van der Waals surface area (Å²) in [5, 5.41) is 9.57. The average Bonchev–Trinajstić information content (AvgIpc) is 1.97. The molecule has 0 amide bonds. The first-order valence-corrected chi connectivity index (χ1v) is 3.62. The van der Waals surface area contributed by atoms with Crippen LogP contribution < -0.4 is 0 Å². The Kier molecular flexibility index (Phi) is 1.98. The number of hydrogen-bond acceptors (Lipinski definition) is 3. The highest BCUT2D eigenvalue weighted by Crippen LogP contribution is 2.18. The van der Waals surface area contributed by atoms with E-state index in [-0.39, 0.29) is 11.6 Å². The Morgan fingerprint density at radius 2 is 2.17 bits per heavy atom. The van der Waals surface area contributed by atoms with Gasteiger partial charge in [0.2, 0.25) is 0 Å². The molecule has 0 aromatic rings. The van der Waals surface area contributed by atoms with Gasteiger partial charge in [-0.2, -0.15) is 0 Å². The fraction of sp³-hybridized carbons (Fsp3) is 0.333. The van der Waals surface area contributed by atoms with Crippen LogP contribution in [0.3, 0.4) is 0 Å². The van der Waals surface area contributed by atoms with Gasteiger partial charge in [-0.3, -0.25) is 9.59 Å². The van der Waals surface area contributed by atoms with Crippen molar-refractivity contribution in [3.05, 3.63) is 23.8 Å². The molecule has 0 spiro atoms. The maximum atomic E-state index is 10.9. The third-order valence-corrected chi connectivity index (χ3v) is 1.88. The quantitative estimate of drug-likeness (QED) is 0.613. The fourth-order valence-corrected chi connectivity index (χ4v) is 1.00. The number of hydrogen-bond donors (Lipinski definition) is 1. The number of aliphatic hydroxyl groups is 1. The van der Waals surface area contributed by atoms with Crippen LogP contribution in [0, 0.1) is 0 Å². The van der Waals surface area contributed by atoms with Crippen molar-refractivity contribution in [3.63, 3.8) is 0 Å². The van der Waals surface area contributed by atoms with Crippen molar-refractivity contribution >= 4 is 11.6 Å². The monoisotopic (exact) mass is 166 g/mol. The van der Waals surface area contributed by atoms with Crippen LogP contribution in [0.25, 0.3) is 0 Å². The third-order valence-electron chi connectivity index (χ3n) is 1.88. The summed E-state index contributed by atoms with van der Waals surface area (Å²) in [5.74, 6) is -0.550. The lowest BCUT2D eigenvalue weighted by atomic mass is 9.90. The van der Waals surface area contributed by atoms with Crippen LogP contribution in [0.5, 0.6) is 0 Å². The number of carbonyl (C=O) groups excluding carboxylic acids is 2. The van der Waals surface area contributed by atoms with E-state index >= 15 is 0 Å². The number of ketones is 2. The maximum absolute atomic E-state index is 10.9. The van der Waals surface area contributed by atoms with Crippen LogP contribution in [0.15, 0.2) is 23.8 Å². The summed E-state index contributed by atoms with van der Waals surface area (Å²) >= 11 is 0. The Morgan fingerprint density at radius 1 is 1.58 bits per heavy atom. The van der Waals surface area contributed by atoms with E-state index in [0.29, 0.717) is 5.57 Å². The molecule has 1 aliphatic rings. The van der Waals surface area contributed by atoms with E-state index in [9.17, 15) is 14.7 Å². The van der Waals surface area contributed by atoms with E-state index in [2.05, 4.69) is 0 Å². The van der Waals surface area contributed by atoms with E-state index in [1.807, 2.05) is 0 Å². The van der Waals surface area contributed by atoms with Crippen LogP contribution in [0.4, 0.5) is 0 Å². The molecule has 0 bridgehead atoms. The number of allylic oxidation sites excluding steroid dienone is 2. The topological polar surface area (TPSA) is 54.4 Å². The smallest absolute Gasteiger partial charge is 0.181 e. The van der Waals surface area contributed by atoms with Crippen LogP contribution in [-0.4, -0.2) is 22.3 Å². The minimum atomic E-state index is -1.57. The van der Waals surface area contributed by atoms with Crippen molar-refractivity contribution in [2.45, 2.75) is 19.4 Å². The molecule has 64 valence electrons. The molecule has 0 fully saturated rings. The lowest BCUT2D eigenvalue weighted by Crippen LogP contribution is -2.35. The van der Waals surface area contributed by atoms with E-state index in [4.69, 9.17) is 0 Å². The van der Waals surface area contributed by atoms with Crippen LogP contribution in [0.2, 0.25) is 0 Å². The van der Waals surface area contributed by atoms with Gasteiger partial charge >= 0.3 is 0 Å². The van der Waals surface area contributed by atoms with Crippen molar-refractivity contribution in [3.8, 4) is 0 Å². The molecule has 0 radical (unpaired) electrons. The Morgan fingerprint density at radius 3 is 2.58 bits per heavy atom. The molecule has 1 unspecified atom stereocenters. The van der Waals surface area contributed by atoms with Crippen LogP contribution in [0.1, 0.15) is 13.8 Å². The van der Waals surface area contributed by atoms with Crippen molar-refractivity contribution in [1.29, 1.82) is 0 Å². The standard InChI is InChI=1S/C9H10O3/c1-6-5-9(12,7(2)10)4-3-8(6)11/h3-5,12H,1-2H3. The zero-order valence-corrected chi connectivity index (χ0v) is 7.00. The highest BCUT2D eigenvalue weighted by atomic mass is 16.3. The van der Waals surface area contributed by atoms with Crippen LogP contribution in [-0.2, 0) is 9.59 Å². The van der Waals surface area contributed by atoms with Crippen LogP contribution >= 0.6 is 0 Å². The second-order valence-electron chi connectivity index (χ2n) is 2.91. The van der Waals surface area contributed by atoms with E-state index in [0.717, 1.165) is 0 Å². The molecular weight excluding hydrogens is 156 g/mol. The van der Waals surface area contributed by atoms with Gasteiger partial charge in [0.1, 0.15) is 0 Å². The van der Waals surface area contributed by atoms with Gasteiger partial charge in [-0.05, 0) is 37.6 Å². The number of Topliss-reactive ketones (excluding diaryl/α,β-unsaturated/α-hetero) is 1. The molecule has 0 saturated carbocycles. The van der Waals surface area contributed by atoms with Gasteiger partial charge in [0, 0.05) is 0 Å². The molecule has 1 atom stereocenters. The Labute approximate surface area is 70.4 Å². The third kappa shape index (κ3) is 1.36. The lowest BCUT2D eigenvalue weighted by Gasteiger charge is -2.20. The average molecular weight is 166 g/mol. The molecule has 1 N–H and O–H groups in total. The highest BCUT2D eigenvalue weighted by Gasteiger charge is 2.30. The van der Waals surface area contributed by atoms with Gasteiger partial charge in [-0.25, -0.2) is 0 Å². The van der Waals surface area contributed by atoms with Gasteiger partial charge in [0.25, 0.3) is 0 Å². The summed E-state index contributed by atoms with van der Waals surface area (Å²) in [6, 6.07) is 0. The predicted octanol–water partition coefficient (Wildman–Crippen LogP) is 0.392. The van der Waals surface area contributed by atoms with Crippen molar-refractivity contribution in [2.24, 2.45) is 0 Å². The van der Waals surface area contributed by atoms with Gasteiger partial charge < -0.3 is 5.11 Å². The van der Waals surface area contributed by atoms with Crippen molar-refractivity contribution in [2.75, 3.05) is 0 Å². The summed E-state index contributed by atoms with van der Waals surface area (Å²) in [4.78, 5) is 21.8. The summed E-state index contributed by atoms with van der Waals surface area (Å²) in [5.41, 5.74) is -1.17. The fourth-order valence-electron chi connectivity index (χ4n) is 1.00. The zero-order valence-electron chi connectivity index (χ0n) is 7.00. The molecule has 0 heterocycles. The molecule has 0 aromatic carbocycles. The van der Waals surface area contributed by atoms with Gasteiger partial charge in [-0.1, -0.05) is 0 Å². The first kappa shape index (κ1) is 8.87. The van der Waals surface area contributed by atoms with Crippen molar-refractivity contribution < 1.29 is 14.7 Å². The Bertz CT molecular complexity index is 299. The normalized spacial score (nSPS) is 28.6. The second kappa shape index (κ2) is 2.68. The van der Waals surface area contributed by atoms with E-state index < -0.39 is 5.60 Å². The molecular formula is C9H10O3. The summed E-state index contributed by atoms with van der Waals surface area (Å²) in [7, 11) is 0. The largest absolute Gasteiger partial charge is 0.374 e. The summed E-state index contributed by atoms with van der Waals surface area (Å²) in [6.07, 6.45) is 3.71. The minimum absolute atomic E-state index is 0.166. The second-order valence-corrected chi connectivity index (χ2v) is 2.91. The molecule has 0 saturated heterocycles. The molecule has 3 nitrogen and oxygen atoms in total. The SMILES string of the molecule is CC(=O)C1(O)C=CC(=O)C(C)=C1. The Hall–Kier alpha value is -1.22. The number of rotatable bonds is 1. The molecule has 12 heavy (non-hydrogen) atoms. The molecule has 3 heteroatoms. The Balaban J connectivity index is 3.07. The van der Waals surface area contributed by atoms with E-state index in [1.165, 1.54) is 25.2 Å².